The van der Waals surface area contributed by atoms with E-state index in [1.54, 1.807) is 0 Å². The first-order valence-electron chi connectivity index (χ1n) is 6.88. The number of anilines is 1. The van der Waals surface area contributed by atoms with Crippen LogP contribution in [0, 0.1) is 0 Å². The maximum Gasteiger partial charge on any atom is 0.325 e. The topological polar surface area (TPSA) is 105 Å². The first-order chi connectivity index (χ1) is 9.97. The number of unbranched alkanes of at least 4 members (excludes halogenated alkanes) is 1. The summed E-state index contributed by atoms with van der Waals surface area (Å²) in [6, 6.07) is -0.338. The molecule has 1 rings (SSSR count). The Balaban J connectivity index is 2.16. The lowest BCUT2D eigenvalue weighted by atomic mass is 10.3. The van der Waals surface area contributed by atoms with Crippen molar-refractivity contribution in [3.63, 3.8) is 0 Å². The van der Waals surface area contributed by atoms with Gasteiger partial charge in [-0.15, -0.1) is 0 Å². The fourth-order valence-corrected chi connectivity index (χ4v) is 1.58. The predicted octanol–water partition coefficient (Wildman–Crippen LogP) is 1.29. The van der Waals surface area contributed by atoms with Crippen LogP contribution in [0.5, 0.6) is 0 Å². The molecular formula is C13H22N4O4. The number of carbonyl (C=O) groups excluding carboxylic acids is 1. The van der Waals surface area contributed by atoms with Gasteiger partial charge < -0.3 is 20.5 Å². The molecule has 1 heterocycles. The Labute approximate surface area is 123 Å². The lowest BCUT2D eigenvalue weighted by molar-refractivity contribution is -0.137. The zero-order valence-corrected chi connectivity index (χ0v) is 12.3. The summed E-state index contributed by atoms with van der Waals surface area (Å²) in [4.78, 5) is 22.1. The van der Waals surface area contributed by atoms with E-state index >= 15 is 0 Å². The van der Waals surface area contributed by atoms with E-state index in [2.05, 4.69) is 15.7 Å². The van der Waals surface area contributed by atoms with E-state index in [0.29, 0.717) is 18.8 Å². The minimum Gasteiger partial charge on any atom is -0.480 e. The first kappa shape index (κ1) is 17.0. The average molecular weight is 298 g/mol. The Morgan fingerprint density at radius 2 is 2.19 bits per heavy atom. The van der Waals surface area contributed by atoms with Crippen molar-refractivity contribution < 1.29 is 19.4 Å². The molecule has 0 aromatic carbocycles. The van der Waals surface area contributed by atoms with Gasteiger partial charge in [0.2, 0.25) is 0 Å². The van der Waals surface area contributed by atoms with Crippen molar-refractivity contribution in [1.82, 2.24) is 15.1 Å². The molecule has 3 N–H and O–H groups in total. The van der Waals surface area contributed by atoms with Crippen LogP contribution in [0.15, 0.2) is 12.4 Å². The van der Waals surface area contributed by atoms with Crippen LogP contribution in [-0.2, 0) is 16.1 Å². The zero-order chi connectivity index (χ0) is 15.7. The number of hydrogen-bond acceptors (Lipinski definition) is 4. The summed E-state index contributed by atoms with van der Waals surface area (Å²) in [5.74, 6) is -0.988. The van der Waals surface area contributed by atoms with Crippen LogP contribution in [0.3, 0.4) is 0 Å². The summed E-state index contributed by atoms with van der Waals surface area (Å²) in [7, 11) is 0. The second-order valence-corrected chi connectivity index (χ2v) is 4.83. The van der Waals surface area contributed by atoms with Crippen LogP contribution in [0.2, 0.25) is 0 Å². The fourth-order valence-electron chi connectivity index (χ4n) is 1.58. The maximum absolute atomic E-state index is 11.6. The number of ether oxygens (including phenoxy) is 1. The van der Waals surface area contributed by atoms with Crippen molar-refractivity contribution >= 4 is 17.7 Å². The molecular weight excluding hydrogens is 276 g/mol. The molecule has 0 aliphatic heterocycles. The Morgan fingerprint density at radius 3 is 2.86 bits per heavy atom. The van der Waals surface area contributed by atoms with Crippen LogP contribution >= 0.6 is 0 Å². The molecule has 0 aliphatic rings. The van der Waals surface area contributed by atoms with Gasteiger partial charge in [0.25, 0.3) is 0 Å². The van der Waals surface area contributed by atoms with E-state index in [9.17, 15) is 9.59 Å². The molecule has 0 fully saturated rings. The summed E-state index contributed by atoms with van der Waals surface area (Å²) in [5, 5.41) is 17.7. The second kappa shape index (κ2) is 8.96. The lowest BCUT2D eigenvalue weighted by Crippen LogP contribution is -2.29. The van der Waals surface area contributed by atoms with Crippen LogP contribution in [0.1, 0.15) is 26.7 Å². The minimum atomic E-state index is -0.988. The van der Waals surface area contributed by atoms with E-state index in [1.165, 1.54) is 17.1 Å². The molecule has 0 saturated heterocycles. The third-order valence-corrected chi connectivity index (χ3v) is 2.50. The van der Waals surface area contributed by atoms with Gasteiger partial charge in [0.1, 0.15) is 6.54 Å². The van der Waals surface area contributed by atoms with Crippen molar-refractivity contribution in [3.05, 3.63) is 12.4 Å². The number of nitrogens with zero attached hydrogens (tertiary/aromatic N) is 2. The molecule has 8 heteroatoms. The summed E-state index contributed by atoms with van der Waals surface area (Å²) < 4.78 is 6.63. The molecule has 0 aliphatic carbocycles. The average Bonchev–Trinajstić information content (AvgIpc) is 2.79. The molecule has 0 radical (unpaired) electrons. The maximum atomic E-state index is 11.6. The van der Waals surface area contributed by atoms with Gasteiger partial charge in [-0.2, -0.15) is 5.10 Å². The van der Waals surface area contributed by atoms with Crippen molar-refractivity contribution in [2.75, 3.05) is 18.5 Å². The summed E-state index contributed by atoms with van der Waals surface area (Å²) in [6.45, 7) is 4.96. The number of aromatic nitrogens is 2. The number of carbonyl (C=O) groups is 2. The van der Waals surface area contributed by atoms with E-state index in [4.69, 9.17) is 9.84 Å². The molecule has 0 unspecified atom stereocenters. The molecule has 2 amide bonds. The zero-order valence-electron chi connectivity index (χ0n) is 12.3. The largest absolute Gasteiger partial charge is 0.480 e. The Morgan fingerprint density at radius 1 is 1.43 bits per heavy atom. The van der Waals surface area contributed by atoms with E-state index in [1.807, 2.05) is 13.8 Å². The molecule has 1 aromatic rings. The molecule has 0 bridgehead atoms. The smallest absolute Gasteiger partial charge is 0.325 e. The highest BCUT2D eigenvalue weighted by molar-refractivity contribution is 5.88. The first-order valence-corrected chi connectivity index (χ1v) is 6.88. The quantitative estimate of drug-likeness (QED) is 0.596. The Kier molecular flexibility index (Phi) is 7.24. The standard InChI is InChI=1S/C13H22N4O4/c1-10(2)21-6-4-3-5-14-13(20)16-11-7-15-17(8-11)9-12(18)19/h7-8,10H,3-6,9H2,1-2H3,(H,18,19)(H2,14,16,20). The minimum absolute atomic E-state index is 0.226. The Bertz CT molecular complexity index is 459. The van der Waals surface area contributed by atoms with Crippen LogP contribution in [-0.4, -0.2) is 46.1 Å². The van der Waals surface area contributed by atoms with Crippen molar-refractivity contribution in [3.8, 4) is 0 Å². The third kappa shape index (κ3) is 7.93. The predicted molar refractivity (Wildman–Crippen MR) is 77.2 cm³/mol. The van der Waals surface area contributed by atoms with Gasteiger partial charge in [0.05, 0.1) is 18.0 Å². The van der Waals surface area contributed by atoms with Gasteiger partial charge in [0, 0.05) is 19.3 Å². The van der Waals surface area contributed by atoms with E-state index in [0.717, 1.165) is 12.8 Å². The van der Waals surface area contributed by atoms with Gasteiger partial charge in [0.15, 0.2) is 0 Å². The third-order valence-electron chi connectivity index (χ3n) is 2.50. The van der Waals surface area contributed by atoms with Crippen molar-refractivity contribution in [2.24, 2.45) is 0 Å². The normalized spacial score (nSPS) is 10.6. The highest BCUT2D eigenvalue weighted by atomic mass is 16.5. The molecule has 0 saturated carbocycles. The summed E-state index contributed by atoms with van der Waals surface area (Å²) in [5.41, 5.74) is 0.455. The van der Waals surface area contributed by atoms with E-state index in [-0.39, 0.29) is 18.7 Å². The highest BCUT2D eigenvalue weighted by Crippen LogP contribution is 2.04. The van der Waals surface area contributed by atoms with Crippen LogP contribution in [0.4, 0.5) is 10.5 Å². The monoisotopic (exact) mass is 298 g/mol. The Hall–Kier alpha value is -2.09. The molecule has 0 atom stereocenters. The highest BCUT2D eigenvalue weighted by Gasteiger charge is 2.05. The molecule has 8 nitrogen and oxygen atoms in total. The van der Waals surface area contributed by atoms with Crippen LogP contribution < -0.4 is 10.6 Å². The van der Waals surface area contributed by atoms with Gasteiger partial charge in [-0.05, 0) is 26.7 Å². The molecule has 0 spiro atoms. The number of carboxylic acids is 1. The molecule has 1 aromatic heterocycles. The number of nitrogens with one attached hydrogen (secondary N) is 2. The lowest BCUT2D eigenvalue weighted by Gasteiger charge is -2.08. The number of carboxylic acid groups (broad SMARTS) is 1. The van der Waals surface area contributed by atoms with E-state index < -0.39 is 5.97 Å². The van der Waals surface area contributed by atoms with Crippen molar-refractivity contribution in [1.29, 1.82) is 0 Å². The van der Waals surface area contributed by atoms with Gasteiger partial charge in [-0.1, -0.05) is 0 Å². The van der Waals surface area contributed by atoms with Crippen LogP contribution in [0.25, 0.3) is 0 Å². The SMILES string of the molecule is CC(C)OCCCCNC(=O)Nc1cnn(CC(=O)O)c1. The van der Waals surface area contributed by atoms with Gasteiger partial charge in [-0.25, -0.2) is 4.79 Å². The van der Waals surface area contributed by atoms with Crippen molar-refractivity contribution in [2.45, 2.75) is 39.3 Å². The van der Waals surface area contributed by atoms with Gasteiger partial charge >= 0.3 is 12.0 Å². The fraction of sp³-hybridized carbons (Fsp3) is 0.615. The number of aliphatic carboxylic acids is 1. The van der Waals surface area contributed by atoms with Gasteiger partial charge in [-0.3, -0.25) is 9.48 Å². The summed E-state index contributed by atoms with van der Waals surface area (Å²) >= 11 is 0. The number of rotatable bonds is 9. The molecule has 21 heavy (non-hydrogen) atoms. The number of amides is 2. The number of urea groups is 1. The number of hydrogen-bond donors (Lipinski definition) is 3. The summed E-state index contributed by atoms with van der Waals surface area (Å²) in [6.07, 6.45) is 4.81. The second-order valence-electron chi connectivity index (χ2n) is 4.83. The molecule has 118 valence electrons.